The zero-order valence-corrected chi connectivity index (χ0v) is 8.97. The second-order valence-corrected chi connectivity index (χ2v) is 2.57. The van der Waals surface area contributed by atoms with Gasteiger partial charge in [0.05, 0.1) is 6.61 Å². The van der Waals surface area contributed by atoms with E-state index in [1.54, 1.807) is 6.92 Å². The number of esters is 2. The number of carbonyl (C=O) groups is 2. The van der Waals surface area contributed by atoms with Crippen molar-refractivity contribution in [3.63, 3.8) is 0 Å². The van der Waals surface area contributed by atoms with E-state index in [1.807, 2.05) is 6.92 Å². The quantitative estimate of drug-likeness (QED) is 0.306. The third-order valence-electron chi connectivity index (χ3n) is 1.20. The summed E-state index contributed by atoms with van der Waals surface area (Å²) in [5.74, 6) is -1.70. The first-order valence-electron chi connectivity index (χ1n) is 4.29. The fourth-order valence-corrected chi connectivity index (χ4v) is 0.759. The Bertz CT molecular complexity index is 235. The summed E-state index contributed by atoms with van der Waals surface area (Å²) >= 11 is 5.22. The molecule has 80 valence electrons. The van der Waals surface area contributed by atoms with Crippen molar-refractivity contribution >= 4 is 23.5 Å². The average Bonchev–Trinajstić information content (AvgIpc) is 2.17. The lowest BCUT2D eigenvalue weighted by molar-refractivity contribution is -0.149. The largest absolute Gasteiger partial charge is 0.460 e. The molecule has 0 unspecified atom stereocenters. The summed E-state index contributed by atoms with van der Waals surface area (Å²) < 4.78 is 9.34. The lowest BCUT2D eigenvalue weighted by atomic mass is 10.4. The van der Waals surface area contributed by atoms with Crippen LogP contribution in [0.1, 0.15) is 20.3 Å². The number of alkyl halides is 1. The molecule has 0 aliphatic rings. The Morgan fingerprint density at radius 2 is 2.00 bits per heavy atom. The summed E-state index contributed by atoms with van der Waals surface area (Å²) in [7, 11) is 0. The van der Waals surface area contributed by atoms with Crippen LogP contribution in [0.4, 0.5) is 0 Å². The van der Waals surface area contributed by atoms with Gasteiger partial charge in [-0.05, 0) is 19.4 Å². The summed E-state index contributed by atoms with van der Waals surface area (Å²) in [6, 6.07) is 0. The maximum absolute atomic E-state index is 11.2. The lowest BCUT2D eigenvalue weighted by Crippen LogP contribution is -2.15. The van der Waals surface area contributed by atoms with E-state index in [-0.39, 0.29) is 18.2 Å². The van der Waals surface area contributed by atoms with Gasteiger partial charge in [-0.3, -0.25) is 4.79 Å². The second kappa shape index (κ2) is 7.38. The van der Waals surface area contributed by atoms with E-state index in [2.05, 4.69) is 9.47 Å². The van der Waals surface area contributed by atoms with Crippen molar-refractivity contribution in [2.24, 2.45) is 0 Å². The van der Waals surface area contributed by atoms with Gasteiger partial charge < -0.3 is 9.47 Å². The van der Waals surface area contributed by atoms with Crippen LogP contribution in [0, 0.1) is 0 Å². The van der Waals surface area contributed by atoms with E-state index in [0.29, 0.717) is 6.42 Å². The fraction of sp³-hybridized carbons (Fsp3) is 0.556. The molecule has 0 aromatic rings. The second-order valence-electron chi connectivity index (χ2n) is 2.30. The van der Waals surface area contributed by atoms with E-state index in [1.165, 1.54) is 6.08 Å². The van der Waals surface area contributed by atoms with Gasteiger partial charge in [0.15, 0.2) is 0 Å². The molecule has 0 amide bonds. The highest BCUT2D eigenvalue weighted by molar-refractivity contribution is 6.26. The molecule has 0 aliphatic heterocycles. The highest BCUT2D eigenvalue weighted by Gasteiger charge is 2.14. The monoisotopic (exact) mass is 220 g/mol. The van der Waals surface area contributed by atoms with E-state index in [0.717, 1.165) is 0 Å². The van der Waals surface area contributed by atoms with E-state index >= 15 is 0 Å². The molecule has 0 saturated heterocycles. The fourth-order valence-electron chi connectivity index (χ4n) is 0.704. The van der Waals surface area contributed by atoms with Crippen LogP contribution in [-0.4, -0.2) is 24.4 Å². The molecule has 14 heavy (non-hydrogen) atoms. The Morgan fingerprint density at radius 1 is 1.36 bits per heavy atom. The van der Waals surface area contributed by atoms with Gasteiger partial charge in [-0.15, -0.1) is 11.6 Å². The molecular formula is C9H13ClO4. The van der Waals surface area contributed by atoms with E-state index in [4.69, 9.17) is 11.6 Å². The Balaban J connectivity index is 4.37. The van der Waals surface area contributed by atoms with Gasteiger partial charge in [0.25, 0.3) is 0 Å². The minimum absolute atomic E-state index is 0.0972. The van der Waals surface area contributed by atoms with Crippen LogP contribution in [0.3, 0.4) is 0 Å². The van der Waals surface area contributed by atoms with Crippen LogP contribution in [0.15, 0.2) is 11.8 Å². The first kappa shape index (κ1) is 13.0. The predicted octanol–water partition coefficient (Wildman–Crippen LogP) is 1.63. The molecule has 0 atom stereocenters. The maximum Gasteiger partial charge on any atom is 0.374 e. The SMILES string of the molecule is CCC=C(OC(=O)CCl)C(=O)OCC. The molecule has 0 heterocycles. The van der Waals surface area contributed by atoms with Crippen molar-refractivity contribution in [3.05, 3.63) is 11.8 Å². The van der Waals surface area contributed by atoms with Gasteiger partial charge in [-0.1, -0.05) is 6.92 Å². The summed E-state index contributed by atoms with van der Waals surface area (Å²) in [4.78, 5) is 22.0. The minimum atomic E-state index is -0.667. The van der Waals surface area contributed by atoms with Crippen molar-refractivity contribution in [1.82, 2.24) is 0 Å². The lowest BCUT2D eigenvalue weighted by Gasteiger charge is -2.06. The maximum atomic E-state index is 11.2. The van der Waals surface area contributed by atoms with E-state index < -0.39 is 11.9 Å². The molecule has 0 aromatic heterocycles. The minimum Gasteiger partial charge on any atom is -0.460 e. The normalized spacial score (nSPS) is 10.9. The van der Waals surface area contributed by atoms with Gasteiger partial charge in [-0.2, -0.15) is 0 Å². The Kier molecular flexibility index (Phi) is 6.84. The number of carbonyl (C=O) groups excluding carboxylic acids is 2. The zero-order chi connectivity index (χ0) is 11.0. The van der Waals surface area contributed by atoms with Crippen LogP contribution in [0.5, 0.6) is 0 Å². The van der Waals surface area contributed by atoms with Crippen LogP contribution in [0.2, 0.25) is 0 Å². The summed E-state index contributed by atoms with van der Waals surface area (Å²) in [5.41, 5.74) is 0. The third-order valence-corrected chi connectivity index (χ3v) is 1.42. The van der Waals surface area contributed by atoms with Crippen molar-refractivity contribution in [1.29, 1.82) is 0 Å². The summed E-state index contributed by atoms with van der Waals surface area (Å²) in [6.07, 6.45) is 2.05. The molecule has 4 nitrogen and oxygen atoms in total. The molecule has 0 aromatic carbocycles. The summed E-state index contributed by atoms with van der Waals surface area (Å²) in [5, 5.41) is 0. The number of rotatable bonds is 5. The van der Waals surface area contributed by atoms with Crippen molar-refractivity contribution in [2.75, 3.05) is 12.5 Å². The molecule has 0 N–H and O–H groups in total. The van der Waals surface area contributed by atoms with Gasteiger partial charge in [-0.25, -0.2) is 4.79 Å². The Morgan fingerprint density at radius 3 is 2.43 bits per heavy atom. The zero-order valence-electron chi connectivity index (χ0n) is 8.21. The molecule has 0 bridgehead atoms. The van der Waals surface area contributed by atoms with E-state index in [9.17, 15) is 9.59 Å². The van der Waals surface area contributed by atoms with Crippen LogP contribution in [0.25, 0.3) is 0 Å². The Labute approximate surface area is 87.8 Å². The van der Waals surface area contributed by atoms with Gasteiger partial charge in [0.1, 0.15) is 5.88 Å². The molecule has 0 rings (SSSR count). The van der Waals surface area contributed by atoms with Crippen molar-refractivity contribution in [3.8, 4) is 0 Å². The van der Waals surface area contributed by atoms with Gasteiger partial charge in [0.2, 0.25) is 5.76 Å². The first-order chi connectivity index (χ1) is 6.65. The number of hydrogen-bond acceptors (Lipinski definition) is 4. The molecule has 0 saturated carbocycles. The predicted molar refractivity (Wildman–Crippen MR) is 51.8 cm³/mol. The Hall–Kier alpha value is -1.03. The highest BCUT2D eigenvalue weighted by atomic mass is 35.5. The number of ether oxygens (including phenoxy) is 2. The molecule has 0 spiro atoms. The van der Waals surface area contributed by atoms with Crippen molar-refractivity contribution in [2.45, 2.75) is 20.3 Å². The van der Waals surface area contributed by atoms with Crippen molar-refractivity contribution < 1.29 is 19.1 Å². The van der Waals surface area contributed by atoms with Crippen LogP contribution < -0.4 is 0 Å². The average molecular weight is 221 g/mol. The number of hydrogen-bond donors (Lipinski definition) is 0. The molecular weight excluding hydrogens is 208 g/mol. The molecule has 0 aliphatic carbocycles. The first-order valence-corrected chi connectivity index (χ1v) is 4.83. The van der Waals surface area contributed by atoms with Crippen LogP contribution in [-0.2, 0) is 19.1 Å². The topological polar surface area (TPSA) is 52.6 Å². The smallest absolute Gasteiger partial charge is 0.374 e. The van der Waals surface area contributed by atoms with Gasteiger partial charge >= 0.3 is 11.9 Å². The molecule has 0 fully saturated rings. The number of halogens is 1. The number of allylic oxidation sites excluding steroid dienone is 1. The molecule has 0 radical (unpaired) electrons. The standard InChI is InChI=1S/C9H13ClO4/c1-3-5-7(9(12)13-4-2)14-8(11)6-10/h5H,3-4,6H2,1-2H3. The van der Waals surface area contributed by atoms with Crippen LogP contribution >= 0.6 is 11.6 Å². The van der Waals surface area contributed by atoms with Gasteiger partial charge in [0, 0.05) is 0 Å². The summed E-state index contributed by atoms with van der Waals surface area (Å²) in [6.45, 7) is 3.72. The third kappa shape index (κ3) is 4.87. The highest BCUT2D eigenvalue weighted by Crippen LogP contribution is 2.04. The molecule has 5 heteroatoms.